The summed E-state index contributed by atoms with van der Waals surface area (Å²) in [6, 6.07) is -0.317. The summed E-state index contributed by atoms with van der Waals surface area (Å²) in [7, 11) is 1.60. The minimum atomic E-state index is -0.831. The summed E-state index contributed by atoms with van der Waals surface area (Å²) in [5.41, 5.74) is 0. The monoisotopic (exact) mass is 268 g/mol. The predicted octanol–water partition coefficient (Wildman–Crippen LogP) is -0.0713. The molecule has 1 atom stereocenters. The Morgan fingerprint density at radius 3 is 2.95 bits per heavy atom. The molecule has 1 aromatic heterocycles. The zero-order valence-corrected chi connectivity index (χ0v) is 10.6. The number of rotatable bonds is 3. The largest absolute Gasteiger partial charge is 0.481 e. The van der Waals surface area contributed by atoms with Crippen LogP contribution in [-0.4, -0.2) is 55.3 Å². The molecular formula is C10H16N6O3. The molecule has 1 unspecified atom stereocenters. The number of hydrogen-bond acceptors (Lipinski definition) is 5. The van der Waals surface area contributed by atoms with Crippen molar-refractivity contribution in [2.45, 2.75) is 19.3 Å². The molecule has 2 N–H and O–H groups in total. The highest BCUT2D eigenvalue weighted by Crippen LogP contribution is 2.20. The summed E-state index contributed by atoms with van der Waals surface area (Å²) in [5, 5.41) is 22.5. The fourth-order valence-corrected chi connectivity index (χ4v) is 2.17. The molecule has 0 aliphatic carbocycles. The minimum absolute atomic E-state index is 0.00631. The molecule has 2 heterocycles. The number of likely N-dealkylation sites (tertiary alicyclic amines) is 1. The Kier molecular flexibility index (Phi) is 3.93. The molecular weight excluding hydrogens is 252 g/mol. The van der Waals surface area contributed by atoms with Gasteiger partial charge in [0.2, 0.25) is 0 Å². The molecule has 1 aliphatic rings. The van der Waals surface area contributed by atoms with Gasteiger partial charge in [0, 0.05) is 19.5 Å². The van der Waals surface area contributed by atoms with Gasteiger partial charge < -0.3 is 10.0 Å². The lowest BCUT2D eigenvalue weighted by molar-refractivity contribution is -0.138. The van der Waals surface area contributed by atoms with E-state index in [-0.39, 0.29) is 24.3 Å². The lowest BCUT2D eigenvalue weighted by Gasteiger charge is -2.31. The van der Waals surface area contributed by atoms with E-state index >= 15 is 0 Å². The third-order valence-electron chi connectivity index (χ3n) is 3.00. The Bertz CT molecular complexity index is 474. The van der Waals surface area contributed by atoms with Crippen molar-refractivity contribution in [3.63, 3.8) is 0 Å². The summed E-state index contributed by atoms with van der Waals surface area (Å²) < 4.78 is 0. The number of amides is 2. The Labute approximate surface area is 109 Å². The maximum Gasteiger partial charge on any atom is 0.324 e. The third kappa shape index (κ3) is 3.63. The van der Waals surface area contributed by atoms with Gasteiger partial charge in [-0.15, -0.1) is 5.10 Å². The maximum atomic E-state index is 12.0. The second-order valence-electron chi connectivity index (χ2n) is 4.58. The number of carboxylic acids is 1. The average molecular weight is 268 g/mol. The number of urea groups is 1. The van der Waals surface area contributed by atoms with Crippen molar-refractivity contribution < 1.29 is 14.7 Å². The van der Waals surface area contributed by atoms with Crippen molar-refractivity contribution in [3.8, 4) is 0 Å². The number of nitrogens with one attached hydrogen (secondary N) is 1. The van der Waals surface area contributed by atoms with Gasteiger partial charge in [0.1, 0.15) is 0 Å². The summed E-state index contributed by atoms with van der Waals surface area (Å²) in [6.45, 7) is 1.06. The molecule has 19 heavy (non-hydrogen) atoms. The number of carbonyl (C=O) groups is 2. The Morgan fingerprint density at radius 2 is 2.32 bits per heavy atom. The van der Waals surface area contributed by atoms with E-state index in [2.05, 4.69) is 20.7 Å². The number of anilines is 1. The number of piperidine rings is 1. The number of nitrogens with zero attached hydrogens (tertiary/aromatic N) is 5. The number of aryl methyl sites for hydroxylation is 1. The standard InChI is InChI=1S/C10H16N6O3/c1-15-13-9(12-14-15)11-10(19)16-4-2-3-7(6-16)5-8(17)18/h7H,2-6H2,1H3,(H,17,18)(H,11,13,19). The first kappa shape index (κ1) is 13.2. The molecule has 2 amide bonds. The molecule has 0 spiro atoms. The maximum absolute atomic E-state index is 12.0. The minimum Gasteiger partial charge on any atom is -0.481 e. The number of aliphatic carboxylic acids is 1. The normalized spacial score (nSPS) is 19.2. The van der Waals surface area contributed by atoms with Crippen LogP contribution in [0.4, 0.5) is 10.7 Å². The summed E-state index contributed by atoms with van der Waals surface area (Å²) in [5.74, 6) is -0.678. The Hall–Kier alpha value is -2.19. The summed E-state index contributed by atoms with van der Waals surface area (Å²) in [6.07, 6.45) is 1.73. The first-order chi connectivity index (χ1) is 9.04. The molecule has 9 nitrogen and oxygen atoms in total. The highest BCUT2D eigenvalue weighted by Gasteiger charge is 2.25. The molecule has 9 heteroatoms. The molecule has 0 radical (unpaired) electrons. The highest BCUT2D eigenvalue weighted by molar-refractivity contribution is 5.87. The first-order valence-corrected chi connectivity index (χ1v) is 6.06. The highest BCUT2D eigenvalue weighted by atomic mass is 16.4. The number of tetrazole rings is 1. The molecule has 104 valence electrons. The van der Waals surface area contributed by atoms with E-state index in [9.17, 15) is 9.59 Å². The second-order valence-corrected chi connectivity index (χ2v) is 4.58. The van der Waals surface area contributed by atoms with E-state index in [1.54, 1.807) is 11.9 Å². The molecule has 1 aromatic rings. The van der Waals surface area contributed by atoms with Crippen molar-refractivity contribution in [3.05, 3.63) is 0 Å². The lowest BCUT2D eigenvalue weighted by Crippen LogP contribution is -2.43. The summed E-state index contributed by atoms with van der Waals surface area (Å²) >= 11 is 0. The summed E-state index contributed by atoms with van der Waals surface area (Å²) in [4.78, 5) is 25.5. The predicted molar refractivity (Wildman–Crippen MR) is 64.4 cm³/mol. The van der Waals surface area contributed by atoms with E-state index in [1.165, 1.54) is 4.80 Å². The zero-order chi connectivity index (χ0) is 13.8. The fraction of sp³-hybridized carbons (Fsp3) is 0.700. The van der Waals surface area contributed by atoms with Gasteiger partial charge in [-0.05, 0) is 24.0 Å². The van der Waals surface area contributed by atoms with E-state index < -0.39 is 5.97 Å². The molecule has 1 saturated heterocycles. The Balaban J connectivity index is 1.89. The Morgan fingerprint density at radius 1 is 1.53 bits per heavy atom. The quantitative estimate of drug-likeness (QED) is 0.793. The van der Waals surface area contributed by atoms with E-state index in [0.29, 0.717) is 13.1 Å². The van der Waals surface area contributed by atoms with E-state index in [1.807, 2.05) is 0 Å². The van der Waals surface area contributed by atoms with Gasteiger partial charge >= 0.3 is 12.0 Å². The van der Waals surface area contributed by atoms with Gasteiger partial charge in [-0.2, -0.15) is 4.80 Å². The van der Waals surface area contributed by atoms with Crippen molar-refractivity contribution in [1.29, 1.82) is 0 Å². The SMILES string of the molecule is Cn1nnc(NC(=O)N2CCCC(CC(=O)O)C2)n1. The molecule has 1 aliphatic heterocycles. The fourth-order valence-electron chi connectivity index (χ4n) is 2.17. The second kappa shape index (κ2) is 5.63. The van der Waals surface area contributed by atoms with Crippen LogP contribution in [0.5, 0.6) is 0 Å². The number of hydrogen-bond donors (Lipinski definition) is 2. The average Bonchev–Trinajstić information content (AvgIpc) is 2.74. The van der Waals surface area contributed by atoms with Crippen LogP contribution in [0, 0.1) is 5.92 Å². The van der Waals surface area contributed by atoms with Crippen LogP contribution in [0.15, 0.2) is 0 Å². The van der Waals surface area contributed by atoms with Gasteiger partial charge in [0.15, 0.2) is 0 Å². The third-order valence-corrected chi connectivity index (χ3v) is 3.00. The molecule has 2 rings (SSSR count). The van der Waals surface area contributed by atoms with Gasteiger partial charge in [0.05, 0.1) is 7.05 Å². The zero-order valence-electron chi connectivity index (χ0n) is 10.6. The molecule has 1 fully saturated rings. The van der Waals surface area contributed by atoms with E-state index in [0.717, 1.165) is 12.8 Å². The van der Waals surface area contributed by atoms with Crippen LogP contribution >= 0.6 is 0 Å². The van der Waals surface area contributed by atoms with Gasteiger partial charge in [-0.25, -0.2) is 4.79 Å². The van der Waals surface area contributed by atoms with Crippen molar-refractivity contribution >= 4 is 17.9 Å². The van der Waals surface area contributed by atoms with E-state index in [4.69, 9.17) is 5.11 Å². The smallest absolute Gasteiger partial charge is 0.324 e. The molecule has 0 aromatic carbocycles. The lowest BCUT2D eigenvalue weighted by atomic mass is 9.95. The number of carboxylic acid groups (broad SMARTS) is 1. The van der Waals surface area contributed by atoms with Gasteiger partial charge in [-0.1, -0.05) is 5.10 Å². The van der Waals surface area contributed by atoms with Gasteiger partial charge in [0.25, 0.3) is 5.95 Å². The first-order valence-electron chi connectivity index (χ1n) is 6.06. The topological polar surface area (TPSA) is 113 Å². The van der Waals surface area contributed by atoms with Gasteiger partial charge in [-0.3, -0.25) is 10.1 Å². The van der Waals surface area contributed by atoms with Crippen molar-refractivity contribution in [1.82, 2.24) is 25.1 Å². The van der Waals surface area contributed by atoms with Crippen LogP contribution in [0.2, 0.25) is 0 Å². The molecule has 0 saturated carbocycles. The number of aromatic nitrogens is 4. The van der Waals surface area contributed by atoms with Crippen LogP contribution in [0.3, 0.4) is 0 Å². The molecule has 0 bridgehead atoms. The number of carbonyl (C=O) groups excluding carboxylic acids is 1. The van der Waals surface area contributed by atoms with Crippen LogP contribution in [-0.2, 0) is 11.8 Å². The van der Waals surface area contributed by atoms with Crippen LogP contribution < -0.4 is 5.32 Å². The van der Waals surface area contributed by atoms with Crippen LogP contribution in [0.1, 0.15) is 19.3 Å². The van der Waals surface area contributed by atoms with Crippen LogP contribution in [0.25, 0.3) is 0 Å². The van der Waals surface area contributed by atoms with Crippen molar-refractivity contribution in [2.24, 2.45) is 13.0 Å². The van der Waals surface area contributed by atoms with Crippen molar-refractivity contribution in [2.75, 3.05) is 18.4 Å².